The Morgan fingerprint density at radius 2 is 1.95 bits per heavy atom. The molecule has 0 radical (unpaired) electrons. The summed E-state index contributed by atoms with van der Waals surface area (Å²) in [5, 5.41) is 6.58. The van der Waals surface area contributed by atoms with E-state index < -0.39 is 0 Å². The monoisotopic (exact) mass is 503 g/mol. The van der Waals surface area contributed by atoms with Gasteiger partial charge < -0.3 is 15.4 Å². The Hall–Kier alpha value is -2.96. The van der Waals surface area contributed by atoms with Crippen LogP contribution in [0.4, 0.5) is 10.1 Å². The lowest BCUT2D eigenvalue weighted by molar-refractivity contribution is -0.110. The fourth-order valence-electron chi connectivity index (χ4n) is 5.97. The molecule has 196 valence electrons. The number of halogens is 1. The molecule has 1 fully saturated rings. The van der Waals surface area contributed by atoms with Crippen molar-refractivity contribution in [1.29, 1.82) is 0 Å². The molecule has 0 aromatic heterocycles. The van der Waals surface area contributed by atoms with Gasteiger partial charge in [-0.1, -0.05) is 48.9 Å². The highest BCUT2D eigenvalue weighted by molar-refractivity contribution is 6.33. The van der Waals surface area contributed by atoms with E-state index in [4.69, 9.17) is 4.74 Å². The van der Waals surface area contributed by atoms with Crippen molar-refractivity contribution in [3.63, 3.8) is 0 Å². The lowest BCUT2D eigenvalue weighted by Gasteiger charge is -2.30. The van der Waals surface area contributed by atoms with Gasteiger partial charge in [0.1, 0.15) is 5.82 Å². The maximum absolute atomic E-state index is 14.6. The molecule has 5 rings (SSSR count). The van der Waals surface area contributed by atoms with Gasteiger partial charge in [-0.05, 0) is 68.7 Å². The van der Waals surface area contributed by atoms with Crippen molar-refractivity contribution in [1.82, 2.24) is 10.2 Å². The number of hydrogen-bond donors (Lipinski definition) is 2. The molecule has 1 atom stereocenters. The van der Waals surface area contributed by atoms with Gasteiger partial charge in [0, 0.05) is 47.7 Å². The number of fused-ring (bicyclic) bond motifs is 1. The van der Waals surface area contributed by atoms with Gasteiger partial charge in [0.05, 0.1) is 13.2 Å². The summed E-state index contributed by atoms with van der Waals surface area (Å²) < 4.78 is 20.1. The van der Waals surface area contributed by atoms with Crippen molar-refractivity contribution in [2.45, 2.75) is 45.4 Å². The van der Waals surface area contributed by atoms with Crippen molar-refractivity contribution in [3.8, 4) is 11.1 Å². The SMILES string of the molecule is CCC1=C(NC/C=C2\C(=O)Nc3cccc(-c4ccccc4F)c32)CCC(CCCN2CCOCC2)C1. The number of amides is 1. The van der Waals surface area contributed by atoms with Gasteiger partial charge in [-0.2, -0.15) is 0 Å². The molecule has 0 saturated carbocycles. The molecule has 1 unspecified atom stereocenters. The second kappa shape index (κ2) is 12.1. The molecule has 1 aliphatic carbocycles. The molecule has 2 aromatic rings. The smallest absolute Gasteiger partial charge is 0.256 e. The standard InChI is InChI=1S/C31H38FN3O2/c1-2-23-21-22(7-6-16-35-17-19-37-20-18-35)12-13-28(23)33-15-14-26-30-25(24-8-3-4-10-27(24)32)9-5-11-29(30)34-31(26)36/h3-5,8-11,14,22,33H,2,6-7,12-13,15-21H2,1H3,(H,34,36)/b26-14-. The quantitative estimate of drug-likeness (QED) is 0.413. The third kappa shape index (κ3) is 5.97. The highest BCUT2D eigenvalue weighted by Gasteiger charge is 2.28. The Labute approximate surface area is 219 Å². The van der Waals surface area contributed by atoms with Gasteiger partial charge in [-0.25, -0.2) is 4.39 Å². The van der Waals surface area contributed by atoms with E-state index in [2.05, 4.69) is 22.5 Å². The Bertz CT molecular complexity index is 1180. The number of carbonyl (C=O) groups excluding carboxylic acids is 1. The largest absolute Gasteiger partial charge is 0.385 e. The number of allylic oxidation sites excluding steroid dienone is 2. The minimum atomic E-state index is -0.285. The first kappa shape index (κ1) is 25.7. The van der Waals surface area contributed by atoms with Gasteiger partial charge >= 0.3 is 0 Å². The second-order valence-corrected chi connectivity index (χ2v) is 10.3. The Morgan fingerprint density at radius 1 is 1.14 bits per heavy atom. The molecular formula is C31H38FN3O2. The third-order valence-corrected chi connectivity index (χ3v) is 7.99. The maximum atomic E-state index is 14.6. The number of ether oxygens (including phenoxy) is 1. The normalized spacial score (nSPS) is 21.3. The second-order valence-electron chi connectivity index (χ2n) is 10.3. The van der Waals surface area contributed by atoms with E-state index in [1.807, 2.05) is 30.3 Å². The van der Waals surface area contributed by atoms with Gasteiger partial charge in [0.25, 0.3) is 5.91 Å². The van der Waals surface area contributed by atoms with Crippen LogP contribution in [0.5, 0.6) is 0 Å². The average molecular weight is 504 g/mol. The molecule has 2 aliphatic heterocycles. The summed E-state index contributed by atoms with van der Waals surface area (Å²) in [5.74, 6) is 0.345. The van der Waals surface area contributed by atoms with E-state index in [9.17, 15) is 9.18 Å². The number of carbonyl (C=O) groups is 1. The minimum absolute atomic E-state index is 0.130. The zero-order valence-electron chi connectivity index (χ0n) is 21.8. The van der Waals surface area contributed by atoms with Crippen molar-refractivity contribution < 1.29 is 13.9 Å². The molecule has 2 aromatic carbocycles. The van der Waals surface area contributed by atoms with Crippen molar-refractivity contribution in [3.05, 3.63) is 71.2 Å². The van der Waals surface area contributed by atoms with Crippen LogP contribution in [-0.2, 0) is 9.53 Å². The van der Waals surface area contributed by atoms with Gasteiger partial charge in [-0.15, -0.1) is 0 Å². The van der Waals surface area contributed by atoms with Crippen LogP contribution < -0.4 is 10.6 Å². The summed E-state index contributed by atoms with van der Waals surface area (Å²) in [7, 11) is 0. The molecule has 0 bridgehead atoms. The van der Waals surface area contributed by atoms with Gasteiger partial charge in [-0.3, -0.25) is 9.69 Å². The summed E-state index contributed by atoms with van der Waals surface area (Å²) in [5.41, 5.74) is 6.24. The topological polar surface area (TPSA) is 53.6 Å². The van der Waals surface area contributed by atoms with Crippen LogP contribution in [0, 0.1) is 11.7 Å². The van der Waals surface area contributed by atoms with Crippen LogP contribution in [0.15, 0.2) is 59.8 Å². The predicted octanol–water partition coefficient (Wildman–Crippen LogP) is 5.99. The first-order valence-electron chi connectivity index (χ1n) is 13.8. The third-order valence-electron chi connectivity index (χ3n) is 7.99. The molecule has 2 heterocycles. The van der Waals surface area contributed by atoms with E-state index in [-0.39, 0.29) is 11.7 Å². The highest BCUT2D eigenvalue weighted by atomic mass is 19.1. The molecule has 0 spiro atoms. The number of hydrogen-bond acceptors (Lipinski definition) is 4. The van der Waals surface area contributed by atoms with Crippen molar-refractivity contribution in [2.75, 3.05) is 44.7 Å². The molecule has 5 nitrogen and oxygen atoms in total. The molecular weight excluding hydrogens is 465 g/mol. The number of nitrogens with one attached hydrogen (secondary N) is 2. The molecule has 6 heteroatoms. The average Bonchev–Trinajstić information content (AvgIpc) is 3.25. The molecule has 1 saturated heterocycles. The highest BCUT2D eigenvalue weighted by Crippen LogP contribution is 2.40. The lowest BCUT2D eigenvalue weighted by atomic mass is 9.83. The van der Waals surface area contributed by atoms with E-state index in [0.29, 0.717) is 17.7 Å². The Morgan fingerprint density at radius 3 is 2.76 bits per heavy atom. The zero-order valence-corrected chi connectivity index (χ0v) is 21.8. The Balaban J connectivity index is 1.23. The summed E-state index contributed by atoms with van der Waals surface area (Å²) in [4.78, 5) is 15.4. The number of benzene rings is 2. The molecule has 2 N–H and O–H groups in total. The fraction of sp³-hybridized carbons (Fsp3) is 0.452. The van der Waals surface area contributed by atoms with E-state index in [0.717, 1.165) is 61.9 Å². The predicted molar refractivity (Wildman–Crippen MR) is 148 cm³/mol. The van der Waals surface area contributed by atoms with Crippen LogP contribution in [0.3, 0.4) is 0 Å². The van der Waals surface area contributed by atoms with Crippen LogP contribution in [0.1, 0.15) is 51.0 Å². The van der Waals surface area contributed by atoms with Gasteiger partial charge in [0.2, 0.25) is 0 Å². The van der Waals surface area contributed by atoms with Crippen LogP contribution in [0.25, 0.3) is 16.7 Å². The van der Waals surface area contributed by atoms with E-state index in [1.165, 1.54) is 49.6 Å². The van der Waals surface area contributed by atoms with Crippen LogP contribution in [-0.4, -0.2) is 50.2 Å². The summed E-state index contributed by atoms with van der Waals surface area (Å²) in [6.07, 6.45) is 9.01. The number of nitrogens with zero attached hydrogens (tertiary/aromatic N) is 1. The first-order valence-corrected chi connectivity index (χ1v) is 13.8. The van der Waals surface area contributed by atoms with Crippen molar-refractivity contribution >= 4 is 17.2 Å². The van der Waals surface area contributed by atoms with Crippen LogP contribution >= 0.6 is 0 Å². The van der Waals surface area contributed by atoms with E-state index >= 15 is 0 Å². The maximum Gasteiger partial charge on any atom is 0.256 e. The van der Waals surface area contributed by atoms with Crippen LogP contribution in [0.2, 0.25) is 0 Å². The lowest BCUT2D eigenvalue weighted by Crippen LogP contribution is -2.37. The fourth-order valence-corrected chi connectivity index (χ4v) is 5.97. The summed E-state index contributed by atoms with van der Waals surface area (Å²) in [6, 6.07) is 12.4. The summed E-state index contributed by atoms with van der Waals surface area (Å²) >= 11 is 0. The van der Waals surface area contributed by atoms with Gasteiger partial charge in [0.15, 0.2) is 0 Å². The van der Waals surface area contributed by atoms with Crippen molar-refractivity contribution in [2.24, 2.45) is 5.92 Å². The molecule has 37 heavy (non-hydrogen) atoms. The number of rotatable bonds is 9. The zero-order chi connectivity index (χ0) is 25.6. The number of morpholine rings is 1. The first-order chi connectivity index (χ1) is 18.1. The molecule has 1 amide bonds. The minimum Gasteiger partial charge on any atom is -0.385 e. The summed E-state index contributed by atoms with van der Waals surface area (Å²) in [6.45, 7) is 7.88. The Kier molecular flexibility index (Phi) is 8.37. The number of anilines is 1. The molecule has 3 aliphatic rings. The van der Waals surface area contributed by atoms with E-state index in [1.54, 1.807) is 12.1 Å².